The number of hydrogen-bond donors (Lipinski definition) is 1. The van der Waals surface area contributed by atoms with Gasteiger partial charge >= 0.3 is 0 Å². The predicted octanol–water partition coefficient (Wildman–Crippen LogP) is 2.10. The van der Waals surface area contributed by atoms with Gasteiger partial charge in [0.15, 0.2) is 5.16 Å². The minimum atomic E-state index is 0.728. The number of methoxy groups -OCH3 is 1. The minimum absolute atomic E-state index is 0.728. The van der Waals surface area contributed by atoms with Crippen LogP contribution in [0.4, 0.5) is 0 Å². The van der Waals surface area contributed by atoms with E-state index in [-0.39, 0.29) is 0 Å². The number of hydrogen-bond acceptors (Lipinski definition) is 5. The van der Waals surface area contributed by atoms with Crippen LogP contribution in [0.2, 0.25) is 0 Å². The van der Waals surface area contributed by atoms with Crippen molar-refractivity contribution >= 4 is 11.8 Å². The fraction of sp³-hybridized carbons (Fsp3) is 0.667. The normalized spacial score (nSPS) is 10.7. The lowest BCUT2D eigenvalue weighted by Gasteiger charge is -2.04. The number of unbranched alkanes of at least 4 members (excludes halogenated alkanes) is 1. The zero-order valence-corrected chi connectivity index (χ0v) is 11.4. The molecule has 17 heavy (non-hydrogen) atoms. The molecule has 0 fully saturated rings. The fourth-order valence-corrected chi connectivity index (χ4v) is 2.09. The van der Waals surface area contributed by atoms with Crippen LogP contribution in [-0.4, -0.2) is 36.0 Å². The van der Waals surface area contributed by atoms with Crippen LogP contribution in [0.25, 0.3) is 0 Å². The highest BCUT2D eigenvalue weighted by Crippen LogP contribution is 2.13. The van der Waals surface area contributed by atoms with E-state index in [0.717, 1.165) is 36.2 Å². The van der Waals surface area contributed by atoms with E-state index in [2.05, 4.69) is 22.2 Å². The third-order valence-corrected chi connectivity index (χ3v) is 3.18. The first kappa shape index (κ1) is 14.4. The van der Waals surface area contributed by atoms with Crippen molar-refractivity contribution < 1.29 is 4.74 Å². The van der Waals surface area contributed by atoms with Gasteiger partial charge in [-0.15, -0.1) is 0 Å². The molecule has 0 atom stereocenters. The van der Waals surface area contributed by atoms with Gasteiger partial charge in [0.1, 0.15) is 0 Å². The molecular weight excluding hydrogens is 234 g/mol. The van der Waals surface area contributed by atoms with Crippen molar-refractivity contribution in [3.05, 3.63) is 18.0 Å². The number of rotatable bonds is 9. The van der Waals surface area contributed by atoms with Crippen molar-refractivity contribution in [3.8, 4) is 0 Å². The number of ether oxygens (including phenoxy) is 1. The van der Waals surface area contributed by atoms with Crippen LogP contribution in [-0.2, 0) is 11.3 Å². The molecule has 0 amide bonds. The van der Waals surface area contributed by atoms with Gasteiger partial charge in [-0.1, -0.05) is 25.1 Å². The number of thioether (sulfide) groups is 1. The Morgan fingerprint density at radius 2 is 2.12 bits per heavy atom. The van der Waals surface area contributed by atoms with Crippen molar-refractivity contribution in [1.82, 2.24) is 15.3 Å². The zero-order valence-electron chi connectivity index (χ0n) is 10.6. The molecule has 0 saturated heterocycles. The molecule has 0 aromatic carbocycles. The van der Waals surface area contributed by atoms with Gasteiger partial charge in [0, 0.05) is 43.9 Å². The number of nitrogens with zero attached hydrogens (tertiary/aromatic N) is 2. The molecule has 0 radical (unpaired) electrons. The summed E-state index contributed by atoms with van der Waals surface area (Å²) < 4.78 is 4.96. The smallest absolute Gasteiger partial charge is 0.187 e. The summed E-state index contributed by atoms with van der Waals surface area (Å²) in [6, 6.07) is 0. The van der Waals surface area contributed by atoms with Crippen LogP contribution in [0.1, 0.15) is 25.3 Å². The highest BCUT2D eigenvalue weighted by molar-refractivity contribution is 7.99. The average Bonchev–Trinajstić information content (AvgIpc) is 2.37. The second kappa shape index (κ2) is 9.39. The van der Waals surface area contributed by atoms with E-state index in [0.29, 0.717) is 0 Å². The van der Waals surface area contributed by atoms with E-state index in [1.807, 2.05) is 12.4 Å². The van der Waals surface area contributed by atoms with Crippen LogP contribution in [0.3, 0.4) is 0 Å². The molecule has 0 spiro atoms. The molecule has 96 valence electrons. The second-order valence-electron chi connectivity index (χ2n) is 3.75. The van der Waals surface area contributed by atoms with Gasteiger partial charge in [-0.3, -0.25) is 0 Å². The van der Waals surface area contributed by atoms with Crippen molar-refractivity contribution in [2.24, 2.45) is 0 Å². The molecule has 0 aliphatic heterocycles. The summed E-state index contributed by atoms with van der Waals surface area (Å²) in [5, 5.41) is 4.14. The fourth-order valence-electron chi connectivity index (χ4n) is 1.22. The van der Waals surface area contributed by atoms with Gasteiger partial charge < -0.3 is 10.1 Å². The molecule has 5 heteroatoms. The lowest BCUT2D eigenvalue weighted by Crippen LogP contribution is -2.18. The van der Waals surface area contributed by atoms with Crippen LogP contribution >= 0.6 is 11.8 Å². The Morgan fingerprint density at radius 1 is 1.35 bits per heavy atom. The third-order valence-electron chi connectivity index (χ3n) is 2.22. The Balaban J connectivity index is 2.24. The molecule has 1 N–H and O–H groups in total. The summed E-state index contributed by atoms with van der Waals surface area (Å²) in [4.78, 5) is 8.66. The summed E-state index contributed by atoms with van der Waals surface area (Å²) >= 11 is 1.72. The number of nitrogens with one attached hydrogen (secondary N) is 1. The third kappa shape index (κ3) is 6.61. The van der Waals surface area contributed by atoms with Gasteiger partial charge in [-0.25, -0.2) is 9.97 Å². The first-order valence-corrected chi connectivity index (χ1v) is 6.98. The summed E-state index contributed by atoms with van der Waals surface area (Å²) in [5.74, 6) is 1.10. The molecule has 1 rings (SSSR count). The van der Waals surface area contributed by atoms with E-state index in [1.54, 1.807) is 18.9 Å². The summed E-state index contributed by atoms with van der Waals surface area (Å²) in [5.41, 5.74) is 1.11. The topological polar surface area (TPSA) is 47.0 Å². The van der Waals surface area contributed by atoms with Crippen LogP contribution in [0.15, 0.2) is 17.6 Å². The van der Waals surface area contributed by atoms with Gasteiger partial charge in [-0.2, -0.15) is 0 Å². The van der Waals surface area contributed by atoms with E-state index < -0.39 is 0 Å². The first-order chi connectivity index (χ1) is 8.36. The Hall–Kier alpha value is -0.650. The molecule has 0 bridgehead atoms. The maximum Gasteiger partial charge on any atom is 0.187 e. The maximum absolute atomic E-state index is 4.96. The highest BCUT2D eigenvalue weighted by atomic mass is 32.2. The predicted molar refractivity (Wildman–Crippen MR) is 71.2 cm³/mol. The quantitative estimate of drug-likeness (QED) is 0.416. The van der Waals surface area contributed by atoms with Gasteiger partial charge in [0.2, 0.25) is 0 Å². The monoisotopic (exact) mass is 255 g/mol. The Bertz CT molecular complexity index is 292. The molecule has 1 aromatic heterocycles. The van der Waals surface area contributed by atoms with Gasteiger partial charge in [0.05, 0.1) is 6.61 Å². The van der Waals surface area contributed by atoms with E-state index in [9.17, 15) is 0 Å². The highest BCUT2D eigenvalue weighted by Gasteiger charge is 1.98. The molecular formula is C12H21N3OS. The van der Waals surface area contributed by atoms with Crippen LogP contribution in [0.5, 0.6) is 0 Å². The van der Waals surface area contributed by atoms with Crippen molar-refractivity contribution in [2.45, 2.75) is 31.5 Å². The SMILES string of the molecule is CCCCSc1ncc(CNCCOC)cn1. The summed E-state index contributed by atoms with van der Waals surface area (Å²) in [6.07, 6.45) is 6.21. The maximum atomic E-state index is 4.96. The van der Waals surface area contributed by atoms with Gasteiger partial charge in [0.25, 0.3) is 0 Å². The summed E-state index contributed by atoms with van der Waals surface area (Å²) in [7, 11) is 1.70. The van der Waals surface area contributed by atoms with E-state index in [4.69, 9.17) is 4.74 Å². The lowest BCUT2D eigenvalue weighted by molar-refractivity contribution is 0.199. The molecule has 1 aromatic rings. The Morgan fingerprint density at radius 3 is 2.76 bits per heavy atom. The van der Waals surface area contributed by atoms with Crippen molar-refractivity contribution in [2.75, 3.05) is 26.0 Å². The van der Waals surface area contributed by atoms with E-state index >= 15 is 0 Å². The Kier molecular flexibility index (Phi) is 7.96. The van der Waals surface area contributed by atoms with Crippen molar-refractivity contribution in [1.29, 1.82) is 0 Å². The zero-order chi connectivity index (χ0) is 12.3. The van der Waals surface area contributed by atoms with E-state index in [1.165, 1.54) is 12.8 Å². The van der Waals surface area contributed by atoms with Crippen LogP contribution in [0, 0.1) is 0 Å². The van der Waals surface area contributed by atoms with Crippen LogP contribution < -0.4 is 5.32 Å². The van der Waals surface area contributed by atoms with Gasteiger partial charge in [-0.05, 0) is 6.42 Å². The molecule has 0 aliphatic rings. The minimum Gasteiger partial charge on any atom is -0.383 e. The molecule has 4 nitrogen and oxygen atoms in total. The standard InChI is InChI=1S/C12H21N3OS/c1-3-4-7-17-12-14-9-11(10-15-12)8-13-5-6-16-2/h9-10,13H,3-8H2,1-2H3. The molecule has 0 saturated carbocycles. The lowest BCUT2D eigenvalue weighted by atomic mass is 10.3. The second-order valence-corrected chi connectivity index (χ2v) is 4.81. The first-order valence-electron chi connectivity index (χ1n) is 6.00. The Labute approximate surface area is 108 Å². The number of aromatic nitrogens is 2. The molecule has 0 unspecified atom stereocenters. The molecule has 0 aliphatic carbocycles. The molecule has 1 heterocycles. The average molecular weight is 255 g/mol. The largest absolute Gasteiger partial charge is 0.383 e. The summed E-state index contributed by atoms with van der Waals surface area (Å²) in [6.45, 7) is 4.56. The van der Waals surface area contributed by atoms with Crippen molar-refractivity contribution in [3.63, 3.8) is 0 Å².